The van der Waals surface area contributed by atoms with Crippen LogP contribution in [-0.4, -0.2) is 20.9 Å². The van der Waals surface area contributed by atoms with Crippen molar-refractivity contribution in [1.82, 2.24) is 3.48 Å². The Morgan fingerprint density at radius 1 is 1.50 bits per heavy atom. The van der Waals surface area contributed by atoms with Crippen LogP contribution < -0.4 is 0 Å². The Bertz CT molecular complexity index is 86.1. The van der Waals surface area contributed by atoms with Gasteiger partial charge >= 0.3 is 8.18 Å². The molecule has 0 fully saturated rings. The third-order valence-electron chi connectivity index (χ3n) is 0.452. The third kappa shape index (κ3) is 2.89. The monoisotopic (exact) mass is 172 g/mol. The van der Waals surface area contributed by atoms with Crippen LogP contribution in [0, 0.1) is 0 Å². The second-order valence-corrected chi connectivity index (χ2v) is 3.99. The zero-order valence-corrected chi connectivity index (χ0v) is 7.09. The van der Waals surface area contributed by atoms with Gasteiger partial charge in [-0.2, -0.15) is 0 Å². The van der Waals surface area contributed by atoms with E-state index in [1.165, 1.54) is 27.4 Å². The van der Waals surface area contributed by atoms with Gasteiger partial charge in [-0.25, -0.2) is 0 Å². The van der Waals surface area contributed by atoms with Crippen molar-refractivity contribution in [2.75, 3.05) is 12.5 Å². The molecule has 1 unspecified atom stereocenters. The highest BCUT2D eigenvalue weighted by Gasteiger charge is 2.23. The molecule has 0 aliphatic carbocycles. The van der Waals surface area contributed by atoms with Crippen molar-refractivity contribution in [2.45, 2.75) is 0 Å². The lowest BCUT2D eigenvalue weighted by molar-refractivity contribution is 0.489. The molecule has 0 aromatic carbocycles. The number of rotatable bonds is 3. The fourth-order valence-electron chi connectivity index (χ4n) is 0.214. The van der Waals surface area contributed by atoms with Crippen LogP contribution >= 0.6 is 32.1 Å². The van der Waals surface area contributed by atoms with Crippen LogP contribution in [0.1, 0.15) is 0 Å². The molecule has 48 valence electrons. The minimum atomic E-state index is -2.15. The van der Waals surface area contributed by atoms with Gasteiger partial charge in [-0.1, -0.05) is 0 Å². The van der Waals surface area contributed by atoms with Gasteiger partial charge in [-0.3, -0.25) is 0 Å². The van der Waals surface area contributed by atoms with Crippen molar-refractivity contribution >= 4 is 32.1 Å². The molecule has 3 nitrogen and oxygen atoms in total. The summed E-state index contributed by atoms with van der Waals surface area (Å²) < 4.78 is 11.5. The number of hydrogen-bond acceptors (Lipinski definition) is 3. The molecular formula is C2H7NO2PS2+. The van der Waals surface area contributed by atoms with Crippen molar-refractivity contribution in [3.8, 4) is 0 Å². The zero-order chi connectivity index (χ0) is 6.57. The van der Waals surface area contributed by atoms with Crippen LogP contribution in [0.5, 0.6) is 0 Å². The molecule has 0 radical (unpaired) electrons. The van der Waals surface area contributed by atoms with Gasteiger partial charge in [0.05, 0.1) is 0 Å². The predicted molar refractivity (Wildman–Crippen MR) is 38.7 cm³/mol. The topological polar surface area (TPSA) is 40.5 Å². The lowest BCUT2D eigenvalue weighted by atomic mass is 12.0. The minimum Gasteiger partial charge on any atom is -0.143 e. The Labute approximate surface area is 58.0 Å². The molecule has 0 saturated carbocycles. The highest BCUT2D eigenvalue weighted by molar-refractivity contribution is 8.15. The first-order valence-electron chi connectivity index (χ1n) is 1.76. The standard InChI is InChI=1S/C2H6NO2PS2/c1-7-3(8-2)6(4)5/h1-2H3/p+1. The van der Waals surface area contributed by atoms with Crippen molar-refractivity contribution in [1.29, 1.82) is 0 Å². The smallest absolute Gasteiger partial charge is 0.143 e. The molecule has 1 atom stereocenters. The molecule has 0 bridgehead atoms. The van der Waals surface area contributed by atoms with Crippen molar-refractivity contribution in [3.63, 3.8) is 0 Å². The van der Waals surface area contributed by atoms with Crippen LogP contribution in [0.4, 0.5) is 0 Å². The molecule has 0 rings (SSSR count). The summed E-state index contributed by atoms with van der Waals surface area (Å²) in [6.45, 7) is 0. The number of hydrogen-bond donors (Lipinski definition) is 1. The number of nitrogens with zero attached hydrogens (tertiary/aromatic N) is 1. The normalized spacial score (nSPS) is 12.2. The van der Waals surface area contributed by atoms with E-state index in [-0.39, 0.29) is 0 Å². The lowest BCUT2D eigenvalue weighted by Gasteiger charge is -1.94. The van der Waals surface area contributed by atoms with Crippen molar-refractivity contribution < 1.29 is 9.46 Å². The van der Waals surface area contributed by atoms with E-state index in [0.29, 0.717) is 0 Å². The maximum Gasteiger partial charge on any atom is 0.634 e. The van der Waals surface area contributed by atoms with E-state index in [2.05, 4.69) is 0 Å². The molecule has 0 aliphatic heterocycles. The summed E-state index contributed by atoms with van der Waals surface area (Å²) >= 11 is 2.48. The Morgan fingerprint density at radius 3 is 1.88 bits per heavy atom. The van der Waals surface area contributed by atoms with Crippen LogP contribution in [0.3, 0.4) is 0 Å². The molecular weight excluding hydrogens is 165 g/mol. The SMILES string of the molecule is CSN(SC)[P+](=O)O. The molecule has 0 amide bonds. The summed E-state index contributed by atoms with van der Waals surface area (Å²) in [7, 11) is -2.15. The molecule has 0 aromatic rings. The Kier molecular flexibility index (Phi) is 5.00. The fraction of sp³-hybridized carbons (Fsp3) is 1.00. The Morgan fingerprint density at radius 2 is 1.88 bits per heavy atom. The Balaban J connectivity index is 3.52. The second kappa shape index (κ2) is 4.58. The molecule has 1 N–H and O–H groups in total. The summed E-state index contributed by atoms with van der Waals surface area (Å²) in [5, 5.41) is 0. The third-order valence-corrected chi connectivity index (χ3v) is 4.07. The van der Waals surface area contributed by atoms with Crippen LogP contribution in [0.25, 0.3) is 0 Å². The maximum absolute atomic E-state index is 10.2. The molecule has 0 spiro atoms. The first-order valence-corrected chi connectivity index (χ1v) is 5.29. The van der Waals surface area contributed by atoms with Crippen molar-refractivity contribution in [3.05, 3.63) is 0 Å². The van der Waals surface area contributed by atoms with Gasteiger partial charge in [0.1, 0.15) is 0 Å². The fourth-order valence-corrected chi connectivity index (χ4v) is 1.93. The van der Waals surface area contributed by atoms with Gasteiger partial charge in [0.2, 0.25) is 0 Å². The summed E-state index contributed by atoms with van der Waals surface area (Å²) in [5.74, 6) is 0. The maximum atomic E-state index is 10.2. The van der Waals surface area contributed by atoms with Gasteiger partial charge in [0.25, 0.3) is 0 Å². The quantitative estimate of drug-likeness (QED) is 0.516. The first kappa shape index (κ1) is 8.72. The van der Waals surface area contributed by atoms with Crippen LogP contribution in [0.2, 0.25) is 0 Å². The highest BCUT2D eigenvalue weighted by Crippen LogP contribution is 2.34. The van der Waals surface area contributed by atoms with E-state index in [1.807, 2.05) is 0 Å². The summed E-state index contributed by atoms with van der Waals surface area (Å²) in [4.78, 5) is 8.41. The van der Waals surface area contributed by atoms with E-state index in [1.54, 1.807) is 12.5 Å². The van der Waals surface area contributed by atoms with Gasteiger partial charge in [0, 0.05) is 16.0 Å². The summed E-state index contributed by atoms with van der Waals surface area (Å²) in [6.07, 6.45) is 3.50. The highest BCUT2D eigenvalue weighted by atomic mass is 32.2. The molecule has 0 heterocycles. The molecule has 0 aliphatic rings. The molecule has 0 aromatic heterocycles. The van der Waals surface area contributed by atoms with Crippen LogP contribution in [0.15, 0.2) is 0 Å². The first-order chi connectivity index (χ1) is 3.72. The van der Waals surface area contributed by atoms with E-state index in [4.69, 9.17) is 4.89 Å². The van der Waals surface area contributed by atoms with E-state index < -0.39 is 8.18 Å². The van der Waals surface area contributed by atoms with Gasteiger partial charge in [-0.05, 0) is 28.5 Å². The van der Waals surface area contributed by atoms with Crippen molar-refractivity contribution in [2.24, 2.45) is 0 Å². The summed E-state index contributed by atoms with van der Waals surface area (Å²) in [5.41, 5.74) is 0. The van der Waals surface area contributed by atoms with E-state index in [9.17, 15) is 4.57 Å². The minimum absolute atomic E-state index is 1.24. The molecule has 6 heteroatoms. The zero-order valence-electron chi connectivity index (χ0n) is 4.57. The van der Waals surface area contributed by atoms with Gasteiger partial charge < -0.3 is 0 Å². The largest absolute Gasteiger partial charge is 0.634 e. The van der Waals surface area contributed by atoms with E-state index >= 15 is 0 Å². The molecule has 0 saturated heterocycles. The lowest BCUT2D eigenvalue weighted by Crippen LogP contribution is -1.89. The predicted octanol–water partition coefficient (Wildman–Crippen LogP) is 1.49. The van der Waals surface area contributed by atoms with E-state index in [0.717, 1.165) is 0 Å². The average molecular weight is 172 g/mol. The van der Waals surface area contributed by atoms with Gasteiger partial charge in [0.15, 0.2) is 0 Å². The Hall–Kier alpha value is 0.720. The van der Waals surface area contributed by atoms with Crippen LogP contribution in [-0.2, 0) is 4.57 Å². The molecule has 8 heavy (non-hydrogen) atoms. The summed E-state index contributed by atoms with van der Waals surface area (Å²) in [6, 6.07) is 0. The average Bonchev–Trinajstić information content (AvgIpc) is 1.69. The van der Waals surface area contributed by atoms with Gasteiger partial charge in [-0.15, -0.1) is 4.89 Å². The second-order valence-electron chi connectivity index (χ2n) is 0.856.